The van der Waals surface area contributed by atoms with Crippen LogP contribution in [0, 0.1) is 11.7 Å². The van der Waals surface area contributed by atoms with E-state index in [1.807, 2.05) is 0 Å². The number of benzene rings is 1. The lowest BCUT2D eigenvalue weighted by atomic mass is 9.98. The van der Waals surface area contributed by atoms with Crippen molar-refractivity contribution in [1.29, 1.82) is 0 Å². The number of carbonyl (C=O) groups is 1. The summed E-state index contributed by atoms with van der Waals surface area (Å²) in [5.74, 6) is -1.69. The smallest absolute Gasteiger partial charge is 0.326 e. The number of phenols is 1. The fourth-order valence-electron chi connectivity index (χ4n) is 3.65. The Balaban J connectivity index is 1.73. The molecule has 2 heterocycles. The number of nitrogens with one attached hydrogen (secondary N) is 1. The van der Waals surface area contributed by atoms with Crippen molar-refractivity contribution in [1.82, 2.24) is 9.62 Å². The van der Waals surface area contributed by atoms with Crippen molar-refractivity contribution in [3.05, 3.63) is 23.5 Å². The molecule has 0 spiro atoms. The Labute approximate surface area is 153 Å². The van der Waals surface area contributed by atoms with Gasteiger partial charge in [0.25, 0.3) is 5.91 Å². The lowest BCUT2D eigenvalue weighted by Gasteiger charge is -2.19. The summed E-state index contributed by atoms with van der Waals surface area (Å²) in [6, 6.07) is 2.65. The lowest BCUT2D eigenvalue weighted by Crippen LogP contribution is -2.30. The van der Waals surface area contributed by atoms with E-state index in [-0.39, 0.29) is 0 Å². The van der Waals surface area contributed by atoms with Gasteiger partial charge in [0.1, 0.15) is 18.0 Å². The van der Waals surface area contributed by atoms with Crippen molar-refractivity contribution < 1.29 is 22.7 Å². The average molecular weight is 385 g/mol. The molecule has 0 aromatic heterocycles. The Morgan fingerprint density at radius 3 is 2.77 bits per heavy atom. The molecule has 1 amide bonds. The fourth-order valence-corrected chi connectivity index (χ4v) is 4.82. The molecule has 144 valence electrons. The monoisotopic (exact) mass is 385 g/mol. The van der Waals surface area contributed by atoms with Gasteiger partial charge >= 0.3 is 10.2 Å². The lowest BCUT2D eigenvalue weighted by molar-refractivity contribution is -0.117. The molecule has 26 heavy (non-hydrogen) atoms. The van der Waals surface area contributed by atoms with E-state index in [0.29, 0.717) is 22.2 Å². The maximum absolute atomic E-state index is 14.5. The van der Waals surface area contributed by atoms with E-state index in [4.69, 9.17) is 0 Å². The van der Waals surface area contributed by atoms with Gasteiger partial charge in [0, 0.05) is 6.54 Å². The minimum absolute atomic E-state index is 0.385. The fraction of sp³-hybridized carbons (Fsp3) is 0.588. The Hall–Kier alpha value is -1.87. The predicted octanol–water partition coefficient (Wildman–Crippen LogP) is 1.38. The zero-order valence-electron chi connectivity index (χ0n) is 14.7. The van der Waals surface area contributed by atoms with E-state index in [1.54, 1.807) is 4.72 Å². The Morgan fingerprint density at radius 1 is 1.38 bits per heavy atom. The van der Waals surface area contributed by atoms with Crippen LogP contribution in [0.5, 0.6) is 5.75 Å². The third-order valence-corrected chi connectivity index (χ3v) is 6.27. The molecule has 3 rings (SSSR count). The van der Waals surface area contributed by atoms with Gasteiger partial charge in [-0.2, -0.15) is 8.42 Å². The molecule has 7 nitrogen and oxygen atoms in total. The van der Waals surface area contributed by atoms with Gasteiger partial charge in [0.2, 0.25) is 0 Å². The molecule has 2 N–H and O–H groups in total. The number of anilines is 1. The van der Waals surface area contributed by atoms with E-state index in [9.17, 15) is 22.7 Å². The van der Waals surface area contributed by atoms with Crippen LogP contribution >= 0.6 is 0 Å². The normalized spacial score (nSPS) is 22.8. The van der Waals surface area contributed by atoms with E-state index in [0.717, 1.165) is 38.9 Å². The molecule has 2 aliphatic heterocycles. The summed E-state index contributed by atoms with van der Waals surface area (Å²) in [5, 5.41) is 10.2. The Bertz CT molecular complexity index is 776. The maximum Gasteiger partial charge on any atom is 0.326 e. The second-order valence-corrected chi connectivity index (χ2v) is 8.59. The zero-order valence-corrected chi connectivity index (χ0v) is 15.6. The first kappa shape index (κ1) is 18.9. The van der Waals surface area contributed by atoms with Gasteiger partial charge in [0.05, 0.1) is 0 Å². The molecule has 2 saturated heterocycles. The molecule has 2 aliphatic rings. The predicted molar refractivity (Wildman–Crippen MR) is 95.6 cm³/mol. The van der Waals surface area contributed by atoms with Gasteiger partial charge in [-0.15, -0.1) is 0 Å². The molecule has 2 fully saturated rings. The van der Waals surface area contributed by atoms with Crippen molar-refractivity contribution in [3.8, 4) is 5.75 Å². The second kappa shape index (κ2) is 7.40. The summed E-state index contributed by atoms with van der Waals surface area (Å²) in [4.78, 5) is 13.7. The highest BCUT2D eigenvalue weighted by Crippen LogP contribution is 2.35. The van der Waals surface area contributed by atoms with Crippen LogP contribution in [0.1, 0.15) is 31.7 Å². The molecular formula is C17H24FN3O4S. The molecule has 1 unspecified atom stereocenters. The minimum atomic E-state index is -4.16. The van der Waals surface area contributed by atoms with Crippen LogP contribution in [0.25, 0.3) is 0 Å². The van der Waals surface area contributed by atoms with Crippen LogP contribution in [0.4, 0.5) is 10.1 Å². The van der Waals surface area contributed by atoms with Gasteiger partial charge in [-0.05, 0) is 56.0 Å². The summed E-state index contributed by atoms with van der Waals surface area (Å²) < 4.78 is 40.6. The topological polar surface area (TPSA) is 89.9 Å². The maximum atomic E-state index is 14.5. The number of nitrogens with zero attached hydrogens (tertiary/aromatic N) is 2. The van der Waals surface area contributed by atoms with Crippen LogP contribution in [0.15, 0.2) is 12.1 Å². The SMILES string of the molecule is CCCCN1CCC(Cc2cc(O)c(N3CC(=O)NS3(=O)=O)c(F)c2)C1. The number of amides is 1. The molecule has 0 radical (unpaired) electrons. The highest BCUT2D eigenvalue weighted by atomic mass is 32.2. The number of unbranched alkanes of at least 4 members (excludes halogenated alkanes) is 1. The van der Waals surface area contributed by atoms with Crippen molar-refractivity contribution in [3.63, 3.8) is 0 Å². The Kier molecular flexibility index (Phi) is 5.38. The van der Waals surface area contributed by atoms with Crippen LogP contribution in [0.2, 0.25) is 0 Å². The first-order valence-corrected chi connectivity index (χ1v) is 10.3. The van der Waals surface area contributed by atoms with Crippen LogP contribution in [-0.4, -0.2) is 50.5 Å². The summed E-state index contributed by atoms with van der Waals surface area (Å²) in [5.41, 5.74) is 0.144. The van der Waals surface area contributed by atoms with E-state index < -0.39 is 39.9 Å². The number of likely N-dealkylation sites (tertiary alicyclic amines) is 1. The van der Waals surface area contributed by atoms with Gasteiger partial charge in [-0.3, -0.25) is 4.79 Å². The summed E-state index contributed by atoms with van der Waals surface area (Å²) in [6.45, 7) is 4.66. The number of rotatable bonds is 6. The summed E-state index contributed by atoms with van der Waals surface area (Å²) in [6.07, 6.45) is 3.95. The largest absolute Gasteiger partial charge is 0.506 e. The average Bonchev–Trinajstić information content (AvgIpc) is 3.08. The standard InChI is InChI=1S/C17H24FN3O4S/c1-2-3-5-20-6-4-12(10-20)7-13-8-14(18)17(15(22)9-13)21-11-16(23)19-26(21,24)25/h8-9,12,22H,2-7,10-11H2,1H3,(H,19,23). The van der Waals surface area contributed by atoms with Crippen LogP contribution in [-0.2, 0) is 21.4 Å². The second-order valence-electron chi connectivity index (χ2n) is 7.00. The van der Waals surface area contributed by atoms with Crippen molar-refractivity contribution in [2.75, 3.05) is 30.5 Å². The van der Waals surface area contributed by atoms with Crippen LogP contribution in [0.3, 0.4) is 0 Å². The van der Waals surface area contributed by atoms with Crippen molar-refractivity contribution in [2.45, 2.75) is 32.6 Å². The van der Waals surface area contributed by atoms with E-state index >= 15 is 0 Å². The number of carbonyl (C=O) groups excluding carboxylic acids is 1. The van der Waals surface area contributed by atoms with Crippen LogP contribution < -0.4 is 9.03 Å². The highest BCUT2D eigenvalue weighted by Gasteiger charge is 2.37. The number of halogens is 1. The molecule has 9 heteroatoms. The quantitative estimate of drug-likeness (QED) is 0.772. The first-order chi connectivity index (χ1) is 12.3. The molecule has 1 aromatic rings. The Morgan fingerprint density at radius 2 is 2.15 bits per heavy atom. The van der Waals surface area contributed by atoms with Crippen molar-refractivity contribution in [2.24, 2.45) is 5.92 Å². The molecular weight excluding hydrogens is 361 g/mol. The summed E-state index contributed by atoms with van der Waals surface area (Å²) in [7, 11) is -4.16. The molecule has 1 atom stereocenters. The summed E-state index contributed by atoms with van der Waals surface area (Å²) >= 11 is 0. The molecule has 1 aromatic carbocycles. The van der Waals surface area contributed by atoms with Crippen molar-refractivity contribution >= 4 is 21.8 Å². The third kappa shape index (κ3) is 3.93. The van der Waals surface area contributed by atoms with Gasteiger partial charge in [0.15, 0.2) is 5.82 Å². The molecule has 0 bridgehead atoms. The number of phenolic OH excluding ortho intramolecular Hbond substituents is 1. The van der Waals surface area contributed by atoms with E-state index in [1.165, 1.54) is 12.1 Å². The number of aromatic hydroxyl groups is 1. The highest BCUT2D eigenvalue weighted by molar-refractivity contribution is 7.92. The molecule has 0 saturated carbocycles. The van der Waals surface area contributed by atoms with Gasteiger partial charge in [-0.1, -0.05) is 13.3 Å². The van der Waals surface area contributed by atoms with Gasteiger partial charge < -0.3 is 10.0 Å². The minimum Gasteiger partial charge on any atom is -0.506 e. The molecule has 0 aliphatic carbocycles. The number of hydrogen-bond acceptors (Lipinski definition) is 5. The third-order valence-electron chi connectivity index (χ3n) is 4.89. The zero-order chi connectivity index (χ0) is 18.9. The van der Waals surface area contributed by atoms with Gasteiger partial charge in [-0.25, -0.2) is 13.4 Å². The first-order valence-electron chi connectivity index (χ1n) is 8.87. The van der Waals surface area contributed by atoms with E-state index in [2.05, 4.69) is 11.8 Å². The number of hydrogen-bond donors (Lipinski definition) is 2.